The maximum atomic E-state index is 14.5. The van der Waals surface area contributed by atoms with E-state index in [-0.39, 0.29) is 33.5 Å². The number of alkyl halides is 4. The third-order valence-corrected chi connectivity index (χ3v) is 5.11. The molecule has 0 unspecified atom stereocenters. The van der Waals surface area contributed by atoms with Crippen molar-refractivity contribution in [3.05, 3.63) is 82.4 Å². The molecule has 2 aromatic carbocycles. The average molecular weight is 570 g/mol. The number of aromatic nitrogens is 4. The van der Waals surface area contributed by atoms with E-state index in [9.17, 15) is 22.0 Å². The minimum atomic E-state index is -4.62. The molecule has 0 amide bonds. The van der Waals surface area contributed by atoms with Gasteiger partial charge in [-0.1, -0.05) is 29.3 Å². The standard InChI is InChI=1S/C23H14Cl2F5N7O/c24-15-2-1-3-16(26)18(15)19-34-21(33-13-6-9-17(25)31-11-13)36-22(35-19)37-32-10-12-4-7-14(8-5-12)38-23(29,30)20(27)28/h1-11,20H,(H2,33,34,35,36,37). The Bertz CT molecular complexity index is 1420. The molecule has 0 fully saturated rings. The van der Waals surface area contributed by atoms with Gasteiger partial charge in [0.2, 0.25) is 11.9 Å². The number of nitrogens with one attached hydrogen (secondary N) is 2. The van der Waals surface area contributed by atoms with Gasteiger partial charge in [0.05, 0.1) is 28.7 Å². The summed E-state index contributed by atoms with van der Waals surface area (Å²) in [6.45, 7) is 0. The van der Waals surface area contributed by atoms with Crippen molar-refractivity contribution >= 4 is 47.0 Å². The fourth-order valence-corrected chi connectivity index (χ4v) is 3.23. The van der Waals surface area contributed by atoms with Gasteiger partial charge >= 0.3 is 12.5 Å². The molecule has 0 bridgehead atoms. The summed E-state index contributed by atoms with van der Waals surface area (Å²) < 4.78 is 69.2. The van der Waals surface area contributed by atoms with Crippen molar-refractivity contribution in [3.8, 4) is 17.1 Å². The molecule has 4 aromatic rings. The first kappa shape index (κ1) is 26.9. The monoisotopic (exact) mass is 569 g/mol. The second kappa shape index (κ2) is 11.5. The minimum Gasteiger partial charge on any atom is -0.428 e. The molecule has 2 heterocycles. The molecule has 38 heavy (non-hydrogen) atoms. The van der Waals surface area contributed by atoms with Gasteiger partial charge in [0.1, 0.15) is 16.7 Å². The molecule has 196 valence electrons. The molecule has 4 rings (SSSR count). The summed E-state index contributed by atoms with van der Waals surface area (Å²) in [6, 6.07) is 12.0. The minimum absolute atomic E-state index is 0.00222. The Morgan fingerprint density at radius 3 is 2.34 bits per heavy atom. The number of hydrogen-bond acceptors (Lipinski definition) is 8. The van der Waals surface area contributed by atoms with E-state index < -0.39 is 24.1 Å². The first-order valence-electron chi connectivity index (χ1n) is 10.4. The fraction of sp³-hybridized carbons (Fsp3) is 0.0870. The van der Waals surface area contributed by atoms with Crippen molar-refractivity contribution < 1.29 is 26.7 Å². The SMILES string of the molecule is Fc1cccc(Cl)c1-c1nc(NN=Cc2ccc(OC(F)(F)C(F)F)cc2)nc(Nc2ccc(Cl)nc2)n1. The van der Waals surface area contributed by atoms with Gasteiger partial charge in [-0.2, -0.15) is 37.6 Å². The molecule has 15 heteroatoms. The van der Waals surface area contributed by atoms with E-state index in [1.807, 2.05) is 0 Å². The molecule has 0 atom stereocenters. The predicted octanol–water partition coefficient (Wildman–Crippen LogP) is 6.81. The molecule has 2 aromatic heterocycles. The van der Waals surface area contributed by atoms with E-state index in [0.29, 0.717) is 11.3 Å². The van der Waals surface area contributed by atoms with E-state index >= 15 is 0 Å². The van der Waals surface area contributed by atoms with Gasteiger partial charge in [0.25, 0.3) is 0 Å². The third kappa shape index (κ3) is 6.81. The van der Waals surface area contributed by atoms with Gasteiger partial charge in [-0.15, -0.1) is 0 Å². The van der Waals surface area contributed by atoms with Gasteiger partial charge in [-0.25, -0.2) is 14.8 Å². The van der Waals surface area contributed by atoms with E-state index in [4.69, 9.17) is 23.2 Å². The molecule has 0 aliphatic rings. The molecule has 0 radical (unpaired) electrons. The summed E-state index contributed by atoms with van der Waals surface area (Å²) in [5.74, 6) is -1.34. The predicted molar refractivity (Wildman–Crippen MR) is 132 cm³/mol. The van der Waals surface area contributed by atoms with Gasteiger partial charge in [0.15, 0.2) is 5.82 Å². The number of hydrogen-bond donors (Lipinski definition) is 2. The lowest BCUT2D eigenvalue weighted by Gasteiger charge is -2.16. The highest BCUT2D eigenvalue weighted by Crippen LogP contribution is 2.30. The quantitative estimate of drug-likeness (QED) is 0.0989. The highest BCUT2D eigenvalue weighted by Gasteiger charge is 2.43. The van der Waals surface area contributed by atoms with Crippen molar-refractivity contribution in [1.29, 1.82) is 0 Å². The summed E-state index contributed by atoms with van der Waals surface area (Å²) >= 11 is 12.0. The van der Waals surface area contributed by atoms with Crippen LogP contribution >= 0.6 is 23.2 Å². The zero-order valence-corrected chi connectivity index (χ0v) is 20.2. The van der Waals surface area contributed by atoms with E-state index in [0.717, 1.165) is 12.1 Å². The number of ether oxygens (including phenoxy) is 1. The topological polar surface area (TPSA) is 97.2 Å². The number of halogens is 7. The van der Waals surface area contributed by atoms with Crippen LogP contribution in [0, 0.1) is 5.82 Å². The Morgan fingerprint density at radius 1 is 0.947 bits per heavy atom. The first-order chi connectivity index (χ1) is 18.1. The molecule has 8 nitrogen and oxygen atoms in total. The third-order valence-electron chi connectivity index (χ3n) is 4.57. The number of nitrogens with zero attached hydrogens (tertiary/aromatic N) is 5. The molecule has 0 spiro atoms. The summed E-state index contributed by atoms with van der Waals surface area (Å²) in [4.78, 5) is 16.5. The van der Waals surface area contributed by atoms with Crippen LogP contribution in [0.1, 0.15) is 5.56 Å². The Kier molecular flexibility index (Phi) is 8.17. The lowest BCUT2D eigenvalue weighted by Crippen LogP contribution is -2.33. The van der Waals surface area contributed by atoms with Crippen LogP contribution in [0.15, 0.2) is 65.9 Å². The van der Waals surface area contributed by atoms with Crippen LogP contribution in [-0.4, -0.2) is 38.7 Å². The van der Waals surface area contributed by atoms with E-state index in [1.165, 1.54) is 48.8 Å². The highest BCUT2D eigenvalue weighted by atomic mass is 35.5. The molecule has 0 saturated carbocycles. The van der Waals surface area contributed by atoms with Crippen LogP contribution < -0.4 is 15.5 Å². The van der Waals surface area contributed by atoms with Gasteiger partial charge in [-0.05, 0) is 54.1 Å². The summed E-state index contributed by atoms with van der Waals surface area (Å²) in [7, 11) is 0. The van der Waals surface area contributed by atoms with Crippen LogP contribution in [0.4, 0.5) is 39.5 Å². The summed E-state index contributed by atoms with van der Waals surface area (Å²) in [5.41, 5.74) is 3.35. The zero-order chi connectivity index (χ0) is 27.3. The van der Waals surface area contributed by atoms with Crippen molar-refractivity contribution in [2.24, 2.45) is 5.10 Å². The van der Waals surface area contributed by atoms with Crippen molar-refractivity contribution in [1.82, 2.24) is 19.9 Å². The van der Waals surface area contributed by atoms with Gasteiger partial charge < -0.3 is 10.1 Å². The van der Waals surface area contributed by atoms with Crippen molar-refractivity contribution in [2.45, 2.75) is 12.5 Å². The van der Waals surface area contributed by atoms with Crippen LogP contribution in [0.2, 0.25) is 10.2 Å². The van der Waals surface area contributed by atoms with Gasteiger partial charge in [0, 0.05) is 0 Å². The normalized spacial score (nSPS) is 11.7. The number of anilines is 3. The van der Waals surface area contributed by atoms with Crippen LogP contribution in [-0.2, 0) is 0 Å². The maximum Gasteiger partial charge on any atom is 0.461 e. The van der Waals surface area contributed by atoms with Crippen LogP contribution in [0.3, 0.4) is 0 Å². The van der Waals surface area contributed by atoms with E-state index in [1.54, 1.807) is 6.07 Å². The first-order valence-corrected chi connectivity index (χ1v) is 11.2. The fourth-order valence-electron chi connectivity index (χ4n) is 2.87. The number of benzene rings is 2. The number of rotatable bonds is 9. The maximum absolute atomic E-state index is 14.5. The second-order valence-electron chi connectivity index (χ2n) is 7.30. The molecular formula is C23H14Cl2F5N7O. The Labute approximate surface area is 221 Å². The highest BCUT2D eigenvalue weighted by molar-refractivity contribution is 6.33. The van der Waals surface area contributed by atoms with Crippen LogP contribution in [0.5, 0.6) is 5.75 Å². The van der Waals surface area contributed by atoms with Crippen LogP contribution in [0.25, 0.3) is 11.4 Å². The summed E-state index contributed by atoms with van der Waals surface area (Å²) in [5, 5.41) is 7.18. The number of pyridine rings is 1. The second-order valence-corrected chi connectivity index (χ2v) is 8.10. The largest absolute Gasteiger partial charge is 0.461 e. The average Bonchev–Trinajstić information content (AvgIpc) is 2.86. The van der Waals surface area contributed by atoms with Crippen molar-refractivity contribution in [2.75, 3.05) is 10.7 Å². The molecular weight excluding hydrogens is 556 g/mol. The zero-order valence-electron chi connectivity index (χ0n) is 18.7. The Hall–Kier alpha value is -4.10. The molecule has 2 N–H and O–H groups in total. The Balaban J connectivity index is 1.57. The van der Waals surface area contributed by atoms with E-state index in [2.05, 4.69) is 40.5 Å². The van der Waals surface area contributed by atoms with Gasteiger partial charge in [-0.3, -0.25) is 0 Å². The molecule has 0 saturated heterocycles. The smallest absolute Gasteiger partial charge is 0.428 e. The Morgan fingerprint density at radius 2 is 1.68 bits per heavy atom. The molecule has 0 aliphatic heterocycles. The molecule has 0 aliphatic carbocycles. The lowest BCUT2D eigenvalue weighted by molar-refractivity contribution is -0.253. The van der Waals surface area contributed by atoms with Crippen molar-refractivity contribution in [3.63, 3.8) is 0 Å². The number of hydrazone groups is 1. The summed E-state index contributed by atoms with van der Waals surface area (Å²) in [6.07, 6.45) is -5.90. The lowest BCUT2D eigenvalue weighted by atomic mass is 10.2.